The first-order chi connectivity index (χ1) is 9.98. The first-order valence-corrected chi connectivity index (χ1v) is 6.94. The molecule has 1 aliphatic carbocycles. The molecular formula is C14H18FN3O3. The number of rotatable bonds is 4. The zero-order valence-electron chi connectivity index (χ0n) is 11.6. The number of hydrogen-bond acceptors (Lipinski definition) is 4. The molecule has 0 radical (unpaired) electrons. The number of carbonyl (C=O) groups is 1. The summed E-state index contributed by atoms with van der Waals surface area (Å²) in [5, 5.41) is 13.3. The Morgan fingerprint density at radius 1 is 1.38 bits per heavy atom. The Labute approximate surface area is 121 Å². The van der Waals surface area contributed by atoms with E-state index in [0.29, 0.717) is 12.8 Å². The van der Waals surface area contributed by atoms with Gasteiger partial charge in [-0.3, -0.25) is 14.9 Å². The minimum absolute atomic E-state index is 0.214. The Bertz CT molecular complexity index is 556. The van der Waals surface area contributed by atoms with E-state index in [4.69, 9.17) is 5.73 Å². The maximum atomic E-state index is 13.3. The summed E-state index contributed by atoms with van der Waals surface area (Å²) in [7, 11) is 0. The molecule has 1 saturated carbocycles. The van der Waals surface area contributed by atoms with Gasteiger partial charge < -0.3 is 11.1 Å². The number of halogens is 1. The quantitative estimate of drug-likeness (QED) is 0.658. The van der Waals surface area contributed by atoms with Gasteiger partial charge in [0.1, 0.15) is 0 Å². The Morgan fingerprint density at radius 2 is 2.05 bits per heavy atom. The second-order valence-electron chi connectivity index (χ2n) is 5.42. The normalized spacial score (nSPS) is 17.2. The lowest BCUT2D eigenvalue weighted by Crippen LogP contribution is -2.43. The summed E-state index contributed by atoms with van der Waals surface area (Å²) in [5.74, 6) is -1.17. The number of nitrogens with two attached hydrogens (primary N) is 1. The molecule has 2 rings (SSSR count). The molecule has 114 valence electrons. The summed E-state index contributed by atoms with van der Waals surface area (Å²) in [6.45, 7) is 0.238. The van der Waals surface area contributed by atoms with Crippen molar-refractivity contribution in [3.8, 4) is 0 Å². The number of nitrogens with zero attached hydrogens (tertiary/aromatic N) is 1. The minimum Gasteiger partial charge on any atom is -0.329 e. The molecule has 0 saturated heterocycles. The van der Waals surface area contributed by atoms with Crippen LogP contribution < -0.4 is 11.1 Å². The molecule has 1 aromatic carbocycles. The average molecular weight is 295 g/mol. The Hall–Kier alpha value is -2.02. The first kappa shape index (κ1) is 15.4. The van der Waals surface area contributed by atoms with Gasteiger partial charge in [0.25, 0.3) is 0 Å². The third-order valence-electron chi connectivity index (χ3n) is 4.08. The summed E-state index contributed by atoms with van der Waals surface area (Å²) in [6.07, 6.45) is 4.37. The van der Waals surface area contributed by atoms with Crippen molar-refractivity contribution < 1.29 is 14.1 Å². The van der Waals surface area contributed by atoms with Crippen LogP contribution in [0.1, 0.15) is 32.1 Å². The number of anilines is 1. The summed E-state index contributed by atoms with van der Waals surface area (Å²) >= 11 is 0. The summed E-state index contributed by atoms with van der Waals surface area (Å²) < 4.78 is 13.3. The smallest absolute Gasteiger partial charge is 0.306 e. The van der Waals surface area contributed by atoms with Crippen LogP contribution in [0.4, 0.5) is 15.8 Å². The fraction of sp³-hybridized carbons (Fsp3) is 0.500. The highest BCUT2D eigenvalue weighted by atomic mass is 19.1. The maximum absolute atomic E-state index is 13.3. The molecule has 1 aliphatic rings. The first-order valence-electron chi connectivity index (χ1n) is 6.94. The van der Waals surface area contributed by atoms with Gasteiger partial charge in [-0.1, -0.05) is 19.3 Å². The molecule has 0 aliphatic heterocycles. The van der Waals surface area contributed by atoms with Gasteiger partial charge in [0.15, 0.2) is 0 Å². The zero-order valence-corrected chi connectivity index (χ0v) is 11.6. The van der Waals surface area contributed by atoms with E-state index in [9.17, 15) is 19.3 Å². The van der Waals surface area contributed by atoms with Crippen molar-refractivity contribution >= 4 is 17.3 Å². The van der Waals surface area contributed by atoms with Gasteiger partial charge in [-0.2, -0.15) is 4.39 Å². The Morgan fingerprint density at radius 3 is 2.62 bits per heavy atom. The third-order valence-corrected chi connectivity index (χ3v) is 4.08. The van der Waals surface area contributed by atoms with Crippen LogP contribution in [0.25, 0.3) is 0 Å². The number of nitrogens with one attached hydrogen (secondary N) is 1. The van der Waals surface area contributed by atoms with E-state index in [1.807, 2.05) is 0 Å². The number of nitro groups is 1. The highest BCUT2D eigenvalue weighted by Crippen LogP contribution is 2.36. The summed E-state index contributed by atoms with van der Waals surface area (Å²) in [5.41, 5.74) is 4.70. The SMILES string of the molecule is NCC1(C(=O)Nc2ccc(F)c([N+](=O)[O-])c2)CCCCC1. The predicted octanol–water partition coefficient (Wildman–Crippen LogP) is 2.58. The molecule has 1 amide bonds. The maximum Gasteiger partial charge on any atom is 0.306 e. The van der Waals surface area contributed by atoms with E-state index < -0.39 is 21.8 Å². The molecule has 1 fully saturated rings. The van der Waals surface area contributed by atoms with Crippen molar-refractivity contribution in [2.24, 2.45) is 11.1 Å². The largest absolute Gasteiger partial charge is 0.329 e. The van der Waals surface area contributed by atoms with Crippen molar-refractivity contribution in [2.45, 2.75) is 32.1 Å². The van der Waals surface area contributed by atoms with Gasteiger partial charge >= 0.3 is 5.69 Å². The fourth-order valence-corrected chi connectivity index (χ4v) is 2.75. The van der Waals surface area contributed by atoms with Crippen molar-refractivity contribution in [1.82, 2.24) is 0 Å². The molecule has 0 spiro atoms. The number of nitro benzene ring substituents is 1. The molecule has 0 aromatic heterocycles. The van der Waals surface area contributed by atoms with Crippen molar-refractivity contribution in [3.05, 3.63) is 34.1 Å². The molecule has 3 N–H and O–H groups in total. The van der Waals surface area contributed by atoms with E-state index in [2.05, 4.69) is 5.32 Å². The van der Waals surface area contributed by atoms with Gasteiger partial charge in [-0.25, -0.2) is 0 Å². The van der Waals surface area contributed by atoms with Crippen LogP contribution in [0.15, 0.2) is 18.2 Å². The monoisotopic (exact) mass is 295 g/mol. The van der Waals surface area contributed by atoms with E-state index in [-0.39, 0.29) is 18.1 Å². The van der Waals surface area contributed by atoms with Crippen LogP contribution in [0.3, 0.4) is 0 Å². The number of amides is 1. The summed E-state index contributed by atoms with van der Waals surface area (Å²) in [6, 6.07) is 3.32. The van der Waals surface area contributed by atoms with Crippen molar-refractivity contribution in [3.63, 3.8) is 0 Å². The Kier molecular flexibility index (Phi) is 4.52. The molecule has 7 heteroatoms. The average Bonchev–Trinajstić information content (AvgIpc) is 2.49. The molecule has 21 heavy (non-hydrogen) atoms. The molecular weight excluding hydrogens is 277 g/mol. The van der Waals surface area contributed by atoms with Crippen LogP contribution in [0.2, 0.25) is 0 Å². The van der Waals surface area contributed by atoms with Gasteiger partial charge in [-0.15, -0.1) is 0 Å². The van der Waals surface area contributed by atoms with E-state index in [0.717, 1.165) is 31.4 Å². The van der Waals surface area contributed by atoms with Gasteiger partial charge in [0.2, 0.25) is 11.7 Å². The van der Waals surface area contributed by atoms with Crippen LogP contribution in [0.5, 0.6) is 0 Å². The van der Waals surface area contributed by atoms with Gasteiger partial charge in [0.05, 0.1) is 10.3 Å². The summed E-state index contributed by atoms with van der Waals surface area (Å²) in [4.78, 5) is 22.3. The molecule has 0 unspecified atom stereocenters. The van der Waals surface area contributed by atoms with E-state index in [1.165, 1.54) is 6.07 Å². The molecule has 0 bridgehead atoms. The van der Waals surface area contributed by atoms with Gasteiger partial charge in [-0.05, 0) is 25.0 Å². The molecule has 1 aromatic rings. The molecule has 6 nitrogen and oxygen atoms in total. The topological polar surface area (TPSA) is 98.3 Å². The lowest BCUT2D eigenvalue weighted by Gasteiger charge is -2.34. The second kappa shape index (κ2) is 6.17. The number of hydrogen-bond donors (Lipinski definition) is 2. The van der Waals surface area contributed by atoms with Crippen LogP contribution in [-0.4, -0.2) is 17.4 Å². The molecule has 0 heterocycles. The van der Waals surface area contributed by atoms with Gasteiger partial charge in [0, 0.05) is 18.3 Å². The lowest BCUT2D eigenvalue weighted by atomic mass is 9.73. The van der Waals surface area contributed by atoms with Crippen molar-refractivity contribution in [2.75, 3.05) is 11.9 Å². The lowest BCUT2D eigenvalue weighted by molar-refractivity contribution is -0.387. The number of benzene rings is 1. The zero-order chi connectivity index (χ0) is 15.5. The van der Waals surface area contributed by atoms with E-state index in [1.54, 1.807) is 0 Å². The highest BCUT2D eigenvalue weighted by Gasteiger charge is 2.38. The third kappa shape index (κ3) is 3.18. The molecule has 0 atom stereocenters. The van der Waals surface area contributed by atoms with Crippen LogP contribution >= 0.6 is 0 Å². The van der Waals surface area contributed by atoms with Crippen molar-refractivity contribution in [1.29, 1.82) is 0 Å². The minimum atomic E-state index is -0.927. The Balaban J connectivity index is 2.19. The fourth-order valence-electron chi connectivity index (χ4n) is 2.75. The second-order valence-corrected chi connectivity index (χ2v) is 5.42. The standard InChI is InChI=1S/C14H18FN3O3/c15-11-5-4-10(8-12(11)18(20)21)17-13(19)14(9-16)6-2-1-3-7-14/h4-5,8H,1-3,6-7,9,16H2,(H,17,19). The number of carbonyl (C=O) groups excluding carboxylic acids is 1. The van der Waals surface area contributed by atoms with E-state index >= 15 is 0 Å². The van der Waals surface area contributed by atoms with Crippen LogP contribution in [0, 0.1) is 21.3 Å². The highest BCUT2D eigenvalue weighted by molar-refractivity contribution is 5.95. The van der Waals surface area contributed by atoms with Crippen LogP contribution in [-0.2, 0) is 4.79 Å². The predicted molar refractivity (Wildman–Crippen MR) is 76.3 cm³/mol.